The molecule has 0 aromatic heterocycles. The molecule has 0 saturated heterocycles. The van der Waals surface area contributed by atoms with Crippen LogP contribution < -0.4 is 19.3 Å². The van der Waals surface area contributed by atoms with Gasteiger partial charge in [0, 0.05) is 30.4 Å². The third-order valence-corrected chi connectivity index (χ3v) is 8.13. The number of hydrogen-bond donors (Lipinski definition) is 0. The number of hydrogen-bond acceptors (Lipinski definition) is 4. The first-order chi connectivity index (χ1) is 18.5. The van der Waals surface area contributed by atoms with Crippen molar-refractivity contribution in [1.82, 2.24) is 0 Å². The van der Waals surface area contributed by atoms with E-state index in [1.54, 1.807) is 0 Å². The van der Waals surface area contributed by atoms with Gasteiger partial charge in [-0.3, -0.25) is 9.59 Å². The first kappa shape index (κ1) is 26.3. The minimum atomic E-state index is -0.524. The molecule has 0 bridgehead atoms. The molecule has 0 N–H and O–H groups in total. The number of benzene rings is 3. The summed E-state index contributed by atoms with van der Waals surface area (Å²) in [5, 5.41) is 0. The number of nitrogens with zero attached hydrogens (tertiary/aromatic N) is 2. The molecule has 3 aromatic rings. The van der Waals surface area contributed by atoms with Crippen molar-refractivity contribution in [2.75, 3.05) is 36.1 Å². The van der Waals surface area contributed by atoms with Crippen LogP contribution in [0.1, 0.15) is 62.1 Å². The van der Waals surface area contributed by atoms with Gasteiger partial charge in [-0.2, -0.15) is 0 Å². The highest BCUT2D eigenvalue weighted by Crippen LogP contribution is 2.55. The number of halogens is 1. The number of anilines is 2. The zero-order chi connectivity index (χ0) is 27.0. The van der Waals surface area contributed by atoms with E-state index < -0.39 is 17.8 Å². The lowest BCUT2D eigenvalue weighted by Crippen LogP contribution is -2.36. The Morgan fingerprint density at radius 1 is 0.763 bits per heavy atom. The maximum Gasteiger partial charge on any atom is 0.235 e. The number of ether oxygens (including phenoxy) is 2. The molecule has 5 rings (SSSR count). The fourth-order valence-corrected chi connectivity index (χ4v) is 6.66. The fourth-order valence-electron chi connectivity index (χ4n) is 6.08. The van der Waals surface area contributed by atoms with Crippen molar-refractivity contribution < 1.29 is 19.1 Å². The van der Waals surface area contributed by atoms with Crippen LogP contribution in [-0.2, 0) is 9.59 Å². The Bertz CT molecular complexity index is 1300. The van der Waals surface area contributed by atoms with E-state index in [4.69, 9.17) is 9.47 Å². The normalized spacial score (nSPS) is 19.0. The molecule has 6 nitrogen and oxygen atoms in total. The van der Waals surface area contributed by atoms with Gasteiger partial charge in [0.15, 0.2) is 11.5 Å². The van der Waals surface area contributed by atoms with Crippen LogP contribution >= 0.6 is 15.9 Å². The smallest absolute Gasteiger partial charge is 0.235 e. The van der Waals surface area contributed by atoms with Crippen LogP contribution in [-0.4, -0.2) is 38.1 Å². The number of likely N-dealkylation sites (N-methyl/N-ethyl adjacent to an activating group) is 2. The molecule has 0 radical (unpaired) electrons. The monoisotopic (exact) mass is 576 g/mol. The molecule has 2 aliphatic heterocycles. The highest BCUT2D eigenvalue weighted by atomic mass is 79.9. The number of carbonyl (C=O) groups is 2. The summed E-state index contributed by atoms with van der Waals surface area (Å²) in [6.07, 6.45) is 0. The average molecular weight is 578 g/mol. The number of carbonyl (C=O) groups excluding carboxylic acids is 2. The van der Waals surface area contributed by atoms with E-state index in [2.05, 4.69) is 15.9 Å². The van der Waals surface area contributed by atoms with Gasteiger partial charge in [0.1, 0.15) is 0 Å². The van der Waals surface area contributed by atoms with Crippen LogP contribution in [0.4, 0.5) is 11.4 Å². The Labute approximate surface area is 232 Å². The Kier molecular flexibility index (Phi) is 7.48. The minimum Gasteiger partial charge on any atom is -0.490 e. The summed E-state index contributed by atoms with van der Waals surface area (Å²) in [5.41, 5.74) is 4.59. The first-order valence-corrected chi connectivity index (χ1v) is 14.2. The minimum absolute atomic E-state index is 0.0156. The van der Waals surface area contributed by atoms with E-state index >= 15 is 0 Å². The lowest BCUT2D eigenvalue weighted by molar-refractivity contribution is -0.121. The van der Waals surface area contributed by atoms with Gasteiger partial charge in [-0.15, -0.1) is 0 Å². The van der Waals surface area contributed by atoms with Crippen molar-refractivity contribution in [3.8, 4) is 11.5 Å². The van der Waals surface area contributed by atoms with Crippen molar-refractivity contribution >= 4 is 39.1 Å². The summed E-state index contributed by atoms with van der Waals surface area (Å²) in [5.74, 6) is -0.242. The predicted molar refractivity (Wildman–Crippen MR) is 154 cm³/mol. The van der Waals surface area contributed by atoms with Gasteiger partial charge < -0.3 is 19.3 Å². The molecule has 3 aromatic carbocycles. The van der Waals surface area contributed by atoms with Gasteiger partial charge in [-0.25, -0.2) is 0 Å². The Balaban J connectivity index is 1.77. The van der Waals surface area contributed by atoms with Gasteiger partial charge in [0.05, 0.1) is 29.5 Å². The van der Waals surface area contributed by atoms with E-state index in [1.807, 2.05) is 98.2 Å². The van der Waals surface area contributed by atoms with Crippen molar-refractivity contribution in [1.29, 1.82) is 0 Å². The summed E-state index contributed by atoms with van der Waals surface area (Å²) in [6.45, 7) is 9.91. The molecular weight excluding hydrogens is 544 g/mol. The third-order valence-electron chi connectivity index (χ3n) is 7.55. The van der Waals surface area contributed by atoms with Gasteiger partial charge >= 0.3 is 0 Å². The summed E-state index contributed by atoms with van der Waals surface area (Å²) in [6, 6.07) is 19.9. The molecule has 0 aliphatic carbocycles. The molecule has 2 heterocycles. The van der Waals surface area contributed by atoms with Gasteiger partial charge in [-0.1, -0.05) is 36.4 Å². The summed E-state index contributed by atoms with van der Waals surface area (Å²) in [7, 11) is 0. The lowest BCUT2D eigenvalue weighted by atomic mass is 9.72. The SMILES string of the molecule is CCOc1cc(C(C2C(=O)N(CC)c3ccccc32)C2C(=O)N(CC)c3ccccc32)cc(Br)c1OCC. The number of fused-ring (bicyclic) bond motifs is 2. The molecule has 0 saturated carbocycles. The molecule has 2 unspecified atom stereocenters. The molecule has 0 spiro atoms. The molecule has 2 amide bonds. The highest BCUT2D eigenvalue weighted by Gasteiger charge is 2.51. The number of rotatable bonds is 9. The summed E-state index contributed by atoms with van der Waals surface area (Å²) >= 11 is 3.70. The maximum atomic E-state index is 14.1. The zero-order valence-corrected chi connectivity index (χ0v) is 23.8. The van der Waals surface area contributed by atoms with Gasteiger partial charge in [-0.05, 0) is 84.6 Å². The second-order valence-electron chi connectivity index (χ2n) is 9.46. The van der Waals surface area contributed by atoms with Crippen molar-refractivity contribution in [3.63, 3.8) is 0 Å². The molecule has 0 fully saturated rings. The fraction of sp³-hybridized carbons (Fsp3) is 0.355. The third kappa shape index (κ3) is 4.17. The quantitative estimate of drug-likeness (QED) is 0.287. The largest absolute Gasteiger partial charge is 0.490 e. The average Bonchev–Trinajstić information content (AvgIpc) is 3.36. The second-order valence-corrected chi connectivity index (χ2v) is 10.3. The first-order valence-electron chi connectivity index (χ1n) is 13.4. The van der Waals surface area contributed by atoms with Crippen LogP contribution in [0.25, 0.3) is 0 Å². The Hall–Kier alpha value is -3.32. The Morgan fingerprint density at radius 3 is 1.74 bits per heavy atom. The predicted octanol–water partition coefficient (Wildman–Crippen LogP) is 6.63. The number of para-hydroxylation sites is 2. The summed E-state index contributed by atoms with van der Waals surface area (Å²) < 4.78 is 12.7. The number of amides is 2. The van der Waals surface area contributed by atoms with Crippen LogP contribution in [0.15, 0.2) is 65.1 Å². The van der Waals surface area contributed by atoms with Gasteiger partial charge in [0.2, 0.25) is 11.8 Å². The van der Waals surface area contributed by atoms with Crippen molar-refractivity contribution in [2.24, 2.45) is 0 Å². The highest BCUT2D eigenvalue weighted by molar-refractivity contribution is 9.10. The topological polar surface area (TPSA) is 59.1 Å². The molecule has 7 heteroatoms. The molecule has 198 valence electrons. The molecule has 2 atom stereocenters. The molecular formula is C31H33BrN2O4. The lowest BCUT2D eigenvalue weighted by Gasteiger charge is -2.30. The van der Waals surface area contributed by atoms with E-state index in [-0.39, 0.29) is 11.8 Å². The standard InChI is InChI=1S/C31H33BrN2O4/c1-5-33-23-15-11-9-13-20(23)27(30(33)35)26(19-17-22(32)29(38-8-4)25(18-19)37-7-3)28-21-14-10-12-16-24(21)34(6-2)31(28)36/h9-18,26-28H,5-8H2,1-4H3. The molecule has 38 heavy (non-hydrogen) atoms. The zero-order valence-electron chi connectivity index (χ0n) is 22.2. The molecule has 2 aliphatic rings. The Morgan fingerprint density at radius 2 is 1.26 bits per heavy atom. The van der Waals surface area contributed by atoms with Crippen molar-refractivity contribution in [3.05, 3.63) is 81.8 Å². The summed E-state index contributed by atoms with van der Waals surface area (Å²) in [4.78, 5) is 31.9. The van der Waals surface area contributed by atoms with Crippen LogP contribution in [0, 0.1) is 0 Å². The van der Waals surface area contributed by atoms with Crippen LogP contribution in [0.3, 0.4) is 0 Å². The van der Waals surface area contributed by atoms with Crippen LogP contribution in [0.5, 0.6) is 11.5 Å². The van der Waals surface area contributed by atoms with E-state index in [9.17, 15) is 9.59 Å². The second kappa shape index (κ2) is 10.8. The van der Waals surface area contributed by atoms with E-state index in [0.717, 1.165) is 32.5 Å². The van der Waals surface area contributed by atoms with E-state index in [1.165, 1.54) is 0 Å². The van der Waals surface area contributed by atoms with Crippen molar-refractivity contribution in [2.45, 2.75) is 45.4 Å². The van der Waals surface area contributed by atoms with Gasteiger partial charge in [0.25, 0.3) is 0 Å². The van der Waals surface area contributed by atoms with E-state index in [0.29, 0.717) is 37.8 Å². The van der Waals surface area contributed by atoms with Crippen LogP contribution in [0.2, 0.25) is 0 Å². The maximum absolute atomic E-state index is 14.1.